The largest absolute Gasteiger partial charge is 0.481 e. The lowest BCUT2D eigenvalue weighted by atomic mass is 9.85. The van der Waals surface area contributed by atoms with E-state index in [4.69, 9.17) is 9.84 Å². The van der Waals surface area contributed by atoms with Gasteiger partial charge in [-0.2, -0.15) is 0 Å². The van der Waals surface area contributed by atoms with Crippen LogP contribution in [-0.2, 0) is 9.53 Å². The van der Waals surface area contributed by atoms with Crippen LogP contribution in [0.5, 0.6) is 0 Å². The fourth-order valence-electron chi connectivity index (χ4n) is 1.70. The molecule has 1 aliphatic carbocycles. The van der Waals surface area contributed by atoms with E-state index in [-0.39, 0.29) is 25.3 Å². The molecular formula is C10H16N2O4. The highest BCUT2D eigenvalue weighted by Crippen LogP contribution is 2.28. The second-order valence-electron chi connectivity index (χ2n) is 4.68. The summed E-state index contributed by atoms with van der Waals surface area (Å²) in [4.78, 5) is 22.6. The molecule has 0 radical (unpaired) electrons. The standard InChI is InChI=1S/C10H16N2O4/c1-10(8(13)14)5-16-4-7(10)12-9(15)11-6-2-3-6/h6-7H,2-5H2,1H3,(H,13,14)(H2,11,12,15). The fraction of sp³-hybridized carbons (Fsp3) is 0.800. The van der Waals surface area contributed by atoms with Crippen LogP contribution in [0.4, 0.5) is 4.79 Å². The molecule has 6 heteroatoms. The summed E-state index contributed by atoms with van der Waals surface area (Å²) in [6, 6.07) is -0.507. The third-order valence-corrected chi connectivity index (χ3v) is 3.16. The van der Waals surface area contributed by atoms with Gasteiger partial charge in [-0.3, -0.25) is 4.79 Å². The predicted molar refractivity (Wildman–Crippen MR) is 55.0 cm³/mol. The molecular weight excluding hydrogens is 212 g/mol. The highest BCUT2D eigenvalue weighted by molar-refractivity contribution is 5.79. The molecule has 2 unspecified atom stereocenters. The third-order valence-electron chi connectivity index (χ3n) is 3.16. The molecule has 2 fully saturated rings. The maximum Gasteiger partial charge on any atom is 0.315 e. The zero-order valence-electron chi connectivity index (χ0n) is 9.16. The molecule has 0 aromatic rings. The second kappa shape index (κ2) is 3.93. The smallest absolute Gasteiger partial charge is 0.315 e. The van der Waals surface area contributed by atoms with Gasteiger partial charge in [0.1, 0.15) is 5.41 Å². The molecule has 0 aromatic carbocycles. The number of carboxylic acid groups (broad SMARTS) is 1. The molecule has 6 nitrogen and oxygen atoms in total. The maximum atomic E-state index is 11.5. The van der Waals surface area contributed by atoms with Gasteiger partial charge in [0, 0.05) is 6.04 Å². The van der Waals surface area contributed by atoms with E-state index in [2.05, 4.69) is 10.6 Å². The molecule has 3 N–H and O–H groups in total. The molecule has 1 aliphatic heterocycles. The van der Waals surface area contributed by atoms with Gasteiger partial charge in [-0.1, -0.05) is 0 Å². The fourth-order valence-corrected chi connectivity index (χ4v) is 1.70. The molecule has 2 amide bonds. The number of carbonyl (C=O) groups is 2. The predicted octanol–water partition coefficient (Wildman–Crippen LogP) is -0.0623. The van der Waals surface area contributed by atoms with Gasteiger partial charge >= 0.3 is 12.0 Å². The highest BCUT2D eigenvalue weighted by Gasteiger charge is 2.47. The minimum Gasteiger partial charge on any atom is -0.481 e. The Kier molecular flexibility index (Phi) is 2.75. The Hall–Kier alpha value is -1.30. The summed E-state index contributed by atoms with van der Waals surface area (Å²) in [5, 5.41) is 14.5. The summed E-state index contributed by atoms with van der Waals surface area (Å²) < 4.78 is 5.13. The average molecular weight is 228 g/mol. The van der Waals surface area contributed by atoms with E-state index in [9.17, 15) is 9.59 Å². The van der Waals surface area contributed by atoms with Crippen molar-refractivity contribution in [2.75, 3.05) is 13.2 Å². The Morgan fingerprint density at radius 2 is 2.06 bits per heavy atom. The Labute approximate surface area is 93.3 Å². The Morgan fingerprint density at radius 1 is 1.38 bits per heavy atom. The average Bonchev–Trinajstić information content (AvgIpc) is 2.92. The van der Waals surface area contributed by atoms with Crippen molar-refractivity contribution < 1.29 is 19.4 Å². The number of rotatable bonds is 3. The highest BCUT2D eigenvalue weighted by atomic mass is 16.5. The van der Waals surface area contributed by atoms with Crippen molar-refractivity contribution >= 4 is 12.0 Å². The van der Waals surface area contributed by atoms with Gasteiger partial charge in [-0.05, 0) is 19.8 Å². The summed E-state index contributed by atoms with van der Waals surface area (Å²) in [6.07, 6.45) is 2.01. The Bertz CT molecular complexity index is 316. The zero-order valence-corrected chi connectivity index (χ0v) is 9.16. The van der Waals surface area contributed by atoms with Crippen molar-refractivity contribution in [1.29, 1.82) is 0 Å². The number of amides is 2. The third kappa shape index (κ3) is 2.11. The summed E-state index contributed by atoms with van der Waals surface area (Å²) in [7, 11) is 0. The first kappa shape index (κ1) is 11.2. The topological polar surface area (TPSA) is 87.7 Å². The van der Waals surface area contributed by atoms with Crippen LogP contribution in [0.1, 0.15) is 19.8 Å². The minimum absolute atomic E-state index is 0.136. The Morgan fingerprint density at radius 3 is 2.62 bits per heavy atom. The SMILES string of the molecule is CC1(C(=O)O)COCC1NC(=O)NC1CC1. The van der Waals surface area contributed by atoms with Crippen LogP contribution in [0.25, 0.3) is 0 Å². The summed E-state index contributed by atoms with van der Waals surface area (Å²) in [5.74, 6) is -0.943. The van der Waals surface area contributed by atoms with E-state index in [0.717, 1.165) is 12.8 Å². The molecule has 2 atom stereocenters. The lowest BCUT2D eigenvalue weighted by Crippen LogP contribution is -2.52. The maximum absolute atomic E-state index is 11.5. The molecule has 1 saturated heterocycles. The van der Waals surface area contributed by atoms with Crippen LogP contribution in [0.2, 0.25) is 0 Å². The van der Waals surface area contributed by atoms with E-state index in [1.54, 1.807) is 6.92 Å². The molecule has 90 valence electrons. The van der Waals surface area contributed by atoms with Crippen LogP contribution in [0.15, 0.2) is 0 Å². The van der Waals surface area contributed by atoms with Gasteiger partial charge in [-0.25, -0.2) is 4.79 Å². The van der Waals surface area contributed by atoms with Crippen LogP contribution in [0.3, 0.4) is 0 Å². The number of carbonyl (C=O) groups excluding carboxylic acids is 1. The molecule has 16 heavy (non-hydrogen) atoms. The van der Waals surface area contributed by atoms with E-state index < -0.39 is 17.4 Å². The number of hydrogen-bond acceptors (Lipinski definition) is 3. The molecule has 1 saturated carbocycles. The van der Waals surface area contributed by atoms with Crippen LogP contribution in [-0.4, -0.2) is 42.4 Å². The second-order valence-corrected chi connectivity index (χ2v) is 4.68. The molecule has 2 rings (SSSR count). The lowest BCUT2D eigenvalue weighted by Gasteiger charge is -2.25. The normalized spacial score (nSPS) is 33.4. The summed E-state index contributed by atoms with van der Waals surface area (Å²) in [5.41, 5.74) is -1.03. The number of urea groups is 1. The monoisotopic (exact) mass is 228 g/mol. The van der Waals surface area contributed by atoms with Crippen molar-refractivity contribution in [3.8, 4) is 0 Å². The first-order chi connectivity index (χ1) is 7.52. The van der Waals surface area contributed by atoms with Crippen molar-refractivity contribution in [2.24, 2.45) is 5.41 Å². The molecule has 2 aliphatic rings. The van der Waals surface area contributed by atoms with Gasteiger partial charge in [-0.15, -0.1) is 0 Å². The first-order valence-electron chi connectivity index (χ1n) is 5.40. The van der Waals surface area contributed by atoms with E-state index in [1.165, 1.54) is 0 Å². The number of aliphatic carboxylic acids is 1. The molecule has 1 heterocycles. The quantitative estimate of drug-likeness (QED) is 0.631. The van der Waals surface area contributed by atoms with E-state index in [1.807, 2.05) is 0 Å². The first-order valence-corrected chi connectivity index (χ1v) is 5.40. The van der Waals surface area contributed by atoms with Gasteiger partial charge in [0.05, 0.1) is 19.3 Å². The molecule has 0 bridgehead atoms. The molecule has 0 spiro atoms. The van der Waals surface area contributed by atoms with Gasteiger partial charge in [0.2, 0.25) is 0 Å². The summed E-state index contributed by atoms with van der Waals surface area (Å²) in [6.45, 7) is 1.97. The van der Waals surface area contributed by atoms with Gasteiger partial charge in [0.15, 0.2) is 0 Å². The van der Waals surface area contributed by atoms with Gasteiger partial charge < -0.3 is 20.5 Å². The molecule has 0 aromatic heterocycles. The Balaban J connectivity index is 1.92. The van der Waals surface area contributed by atoms with E-state index >= 15 is 0 Å². The van der Waals surface area contributed by atoms with Crippen LogP contribution in [0, 0.1) is 5.41 Å². The van der Waals surface area contributed by atoms with Gasteiger partial charge in [0.25, 0.3) is 0 Å². The van der Waals surface area contributed by atoms with Crippen molar-refractivity contribution in [2.45, 2.75) is 31.8 Å². The van der Waals surface area contributed by atoms with E-state index in [0.29, 0.717) is 0 Å². The number of nitrogens with one attached hydrogen (secondary N) is 2. The van der Waals surface area contributed by atoms with Crippen molar-refractivity contribution in [3.63, 3.8) is 0 Å². The van der Waals surface area contributed by atoms with Crippen LogP contribution >= 0.6 is 0 Å². The van der Waals surface area contributed by atoms with Crippen LogP contribution < -0.4 is 10.6 Å². The van der Waals surface area contributed by atoms with Crippen molar-refractivity contribution in [3.05, 3.63) is 0 Å². The summed E-state index contributed by atoms with van der Waals surface area (Å²) >= 11 is 0. The van der Waals surface area contributed by atoms with Crippen molar-refractivity contribution in [1.82, 2.24) is 10.6 Å². The number of ether oxygens (including phenoxy) is 1. The number of hydrogen-bond donors (Lipinski definition) is 3. The zero-order chi connectivity index (χ0) is 11.8. The lowest BCUT2D eigenvalue weighted by molar-refractivity contribution is -0.148. The minimum atomic E-state index is -1.03. The number of carboxylic acids is 1.